The largest absolute Gasteiger partial charge is 0.341 e. The van der Waals surface area contributed by atoms with Crippen LogP contribution in [0.5, 0.6) is 0 Å². The second-order valence-electron chi connectivity index (χ2n) is 7.37. The molecule has 3 amide bonds. The number of nitrogens with zero attached hydrogens (tertiary/aromatic N) is 4. The minimum Gasteiger partial charge on any atom is -0.341 e. The quantitative estimate of drug-likeness (QED) is 0.705. The van der Waals surface area contributed by atoms with Crippen molar-refractivity contribution in [1.82, 2.24) is 25.4 Å². The monoisotopic (exact) mass is 380 g/mol. The van der Waals surface area contributed by atoms with Gasteiger partial charge < -0.3 is 10.2 Å². The standard InChI is InChI=1S/C17H28N6O2S/c1-12(2)10-18-15(25)19-14(24)11-26-17-21-20-16(23(17)13-6-7-13)22-8-4-3-5-9-22/h12-13H,3-11H2,1-2H3,(H2,18,19,24,25). The molecule has 8 nitrogen and oxygen atoms in total. The minimum absolute atomic E-state index is 0.153. The first-order valence-corrected chi connectivity index (χ1v) is 10.4. The number of carbonyl (C=O) groups excluding carboxylic acids is 2. The number of hydrogen-bond donors (Lipinski definition) is 2. The number of piperidine rings is 1. The van der Waals surface area contributed by atoms with Crippen molar-refractivity contribution >= 4 is 29.6 Å². The molecule has 2 fully saturated rings. The van der Waals surface area contributed by atoms with Gasteiger partial charge in [-0.3, -0.25) is 14.7 Å². The Morgan fingerprint density at radius 1 is 1.19 bits per heavy atom. The molecule has 0 atom stereocenters. The van der Waals surface area contributed by atoms with Gasteiger partial charge in [0.15, 0.2) is 5.16 Å². The molecule has 1 aliphatic heterocycles. The van der Waals surface area contributed by atoms with E-state index in [1.54, 1.807) is 0 Å². The normalized spacial score (nSPS) is 17.4. The number of aromatic nitrogens is 3. The number of hydrogen-bond acceptors (Lipinski definition) is 6. The van der Waals surface area contributed by atoms with E-state index in [2.05, 4.69) is 30.3 Å². The highest BCUT2D eigenvalue weighted by Gasteiger charge is 2.32. The van der Waals surface area contributed by atoms with Crippen molar-refractivity contribution in [1.29, 1.82) is 0 Å². The highest BCUT2D eigenvalue weighted by molar-refractivity contribution is 7.99. The van der Waals surface area contributed by atoms with Crippen molar-refractivity contribution in [3.05, 3.63) is 0 Å². The average molecular weight is 381 g/mol. The predicted molar refractivity (Wildman–Crippen MR) is 101 cm³/mol. The molecule has 2 N–H and O–H groups in total. The van der Waals surface area contributed by atoms with Crippen molar-refractivity contribution in [3.63, 3.8) is 0 Å². The summed E-state index contributed by atoms with van der Waals surface area (Å²) < 4.78 is 2.18. The molecule has 1 saturated heterocycles. The van der Waals surface area contributed by atoms with E-state index in [4.69, 9.17) is 0 Å². The Morgan fingerprint density at radius 3 is 2.58 bits per heavy atom. The Kier molecular flexibility index (Phi) is 6.39. The lowest BCUT2D eigenvalue weighted by atomic mass is 10.1. The maximum Gasteiger partial charge on any atom is 0.321 e. The van der Waals surface area contributed by atoms with E-state index in [0.29, 0.717) is 18.5 Å². The number of amides is 3. The van der Waals surface area contributed by atoms with E-state index in [0.717, 1.165) is 37.0 Å². The van der Waals surface area contributed by atoms with Crippen LogP contribution in [0.25, 0.3) is 0 Å². The third-order valence-corrected chi connectivity index (χ3v) is 5.40. The van der Waals surface area contributed by atoms with Gasteiger partial charge in [0.1, 0.15) is 0 Å². The highest BCUT2D eigenvalue weighted by atomic mass is 32.2. The number of urea groups is 1. The molecule has 0 unspecified atom stereocenters. The van der Waals surface area contributed by atoms with Crippen LogP contribution in [0.15, 0.2) is 5.16 Å². The van der Waals surface area contributed by atoms with Crippen molar-refractivity contribution < 1.29 is 9.59 Å². The highest BCUT2D eigenvalue weighted by Crippen LogP contribution is 2.41. The molecule has 2 heterocycles. The maximum atomic E-state index is 12.0. The topological polar surface area (TPSA) is 92.2 Å². The maximum absolute atomic E-state index is 12.0. The van der Waals surface area contributed by atoms with E-state index < -0.39 is 6.03 Å². The Hall–Kier alpha value is -1.77. The summed E-state index contributed by atoms with van der Waals surface area (Å²) in [7, 11) is 0. The summed E-state index contributed by atoms with van der Waals surface area (Å²) in [6, 6.07) is 0.00351. The second kappa shape index (κ2) is 8.75. The van der Waals surface area contributed by atoms with Gasteiger partial charge >= 0.3 is 6.03 Å². The molecule has 2 aliphatic rings. The van der Waals surface area contributed by atoms with E-state index in [9.17, 15) is 9.59 Å². The molecule has 26 heavy (non-hydrogen) atoms. The van der Waals surface area contributed by atoms with Crippen LogP contribution >= 0.6 is 11.8 Å². The van der Waals surface area contributed by atoms with Crippen LogP contribution in [0.3, 0.4) is 0 Å². The zero-order valence-electron chi connectivity index (χ0n) is 15.5. The Labute approximate surface area is 158 Å². The number of thioether (sulfide) groups is 1. The smallest absolute Gasteiger partial charge is 0.321 e. The summed E-state index contributed by atoms with van der Waals surface area (Å²) in [5.41, 5.74) is 0. The summed E-state index contributed by atoms with van der Waals surface area (Å²) in [5.74, 6) is 1.11. The van der Waals surface area contributed by atoms with E-state index >= 15 is 0 Å². The first-order chi connectivity index (χ1) is 12.5. The third kappa shape index (κ3) is 5.12. The lowest BCUT2D eigenvalue weighted by Gasteiger charge is -2.27. The molecule has 0 aromatic carbocycles. The zero-order chi connectivity index (χ0) is 18.5. The van der Waals surface area contributed by atoms with Gasteiger partial charge in [0, 0.05) is 25.7 Å². The van der Waals surface area contributed by atoms with Gasteiger partial charge in [-0.15, -0.1) is 10.2 Å². The fourth-order valence-corrected chi connectivity index (χ4v) is 3.76. The SMILES string of the molecule is CC(C)CNC(=O)NC(=O)CSc1nnc(N2CCCCC2)n1C1CC1. The van der Waals surface area contributed by atoms with Crippen LogP contribution in [0.4, 0.5) is 10.7 Å². The van der Waals surface area contributed by atoms with Crippen LogP contribution in [0, 0.1) is 5.92 Å². The summed E-state index contributed by atoms with van der Waals surface area (Å²) >= 11 is 1.35. The number of anilines is 1. The lowest BCUT2D eigenvalue weighted by molar-refractivity contribution is -0.117. The van der Waals surface area contributed by atoms with Crippen LogP contribution in [0.1, 0.15) is 52.0 Å². The number of nitrogens with one attached hydrogen (secondary N) is 2. The van der Waals surface area contributed by atoms with Gasteiger partial charge in [-0.25, -0.2) is 4.79 Å². The number of rotatable bonds is 7. The number of imide groups is 1. The fourth-order valence-electron chi connectivity index (χ4n) is 2.96. The molecule has 144 valence electrons. The predicted octanol–water partition coefficient (Wildman–Crippen LogP) is 2.18. The molecule has 1 aromatic rings. The summed E-state index contributed by atoms with van der Waals surface area (Å²) in [6.45, 7) is 6.59. The summed E-state index contributed by atoms with van der Waals surface area (Å²) in [5, 5.41) is 14.5. The van der Waals surface area contributed by atoms with Gasteiger partial charge in [0.25, 0.3) is 0 Å². The molecule has 0 spiro atoms. The van der Waals surface area contributed by atoms with Crippen LogP contribution in [-0.2, 0) is 4.79 Å². The first kappa shape index (κ1) is 19.0. The second-order valence-corrected chi connectivity index (χ2v) is 8.31. The molecular weight excluding hydrogens is 352 g/mol. The van der Waals surface area contributed by atoms with E-state index in [1.165, 1.54) is 31.0 Å². The molecular formula is C17H28N6O2S. The fraction of sp³-hybridized carbons (Fsp3) is 0.765. The zero-order valence-corrected chi connectivity index (χ0v) is 16.3. The first-order valence-electron chi connectivity index (χ1n) is 9.45. The van der Waals surface area contributed by atoms with Gasteiger partial charge in [-0.1, -0.05) is 25.6 Å². The molecule has 3 rings (SSSR count). The van der Waals surface area contributed by atoms with Gasteiger partial charge in [-0.2, -0.15) is 0 Å². The molecule has 0 bridgehead atoms. The van der Waals surface area contributed by atoms with Crippen LogP contribution in [-0.4, -0.2) is 52.1 Å². The van der Waals surface area contributed by atoms with Crippen molar-refractivity contribution in [2.75, 3.05) is 30.3 Å². The van der Waals surface area contributed by atoms with Crippen molar-refractivity contribution in [3.8, 4) is 0 Å². The van der Waals surface area contributed by atoms with E-state index in [1.807, 2.05) is 13.8 Å². The van der Waals surface area contributed by atoms with Crippen molar-refractivity contribution in [2.45, 2.75) is 57.1 Å². The van der Waals surface area contributed by atoms with Gasteiger partial charge in [-0.05, 0) is 38.0 Å². The third-order valence-electron chi connectivity index (χ3n) is 4.45. The molecule has 9 heteroatoms. The average Bonchev–Trinajstić information content (AvgIpc) is 3.38. The molecule has 1 saturated carbocycles. The van der Waals surface area contributed by atoms with Gasteiger partial charge in [0.05, 0.1) is 5.75 Å². The van der Waals surface area contributed by atoms with Crippen LogP contribution < -0.4 is 15.5 Å². The van der Waals surface area contributed by atoms with Crippen molar-refractivity contribution in [2.24, 2.45) is 5.92 Å². The van der Waals surface area contributed by atoms with E-state index in [-0.39, 0.29) is 11.7 Å². The molecule has 0 radical (unpaired) electrons. The van der Waals surface area contributed by atoms with Crippen LogP contribution in [0.2, 0.25) is 0 Å². The molecule has 1 aliphatic carbocycles. The van der Waals surface area contributed by atoms with Gasteiger partial charge in [0.2, 0.25) is 11.9 Å². The Morgan fingerprint density at radius 2 is 1.92 bits per heavy atom. The molecule has 1 aromatic heterocycles. The number of carbonyl (C=O) groups is 2. The summed E-state index contributed by atoms with van der Waals surface area (Å²) in [6.07, 6.45) is 5.92. The lowest BCUT2D eigenvalue weighted by Crippen LogP contribution is -2.41. The Balaban J connectivity index is 1.55. The Bertz CT molecular complexity index is 637. The summed E-state index contributed by atoms with van der Waals surface area (Å²) in [4.78, 5) is 26.0. The minimum atomic E-state index is -0.443.